The van der Waals surface area contributed by atoms with Gasteiger partial charge in [0, 0.05) is 6.92 Å². The number of ether oxygens (including phenoxy) is 1. The highest BCUT2D eigenvalue weighted by molar-refractivity contribution is 6.11. The summed E-state index contributed by atoms with van der Waals surface area (Å²) in [6, 6.07) is 6.98. The van der Waals surface area contributed by atoms with Crippen molar-refractivity contribution in [1.82, 2.24) is 0 Å². The fraction of sp³-hybridized carbons (Fsp3) is 0.308. The van der Waals surface area contributed by atoms with E-state index in [-0.39, 0.29) is 12.5 Å². The molecule has 1 atom stereocenters. The molecule has 6 heteroatoms. The summed E-state index contributed by atoms with van der Waals surface area (Å²) in [4.78, 5) is 36.0. The van der Waals surface area contributed by atoms with Crippen molar-refractivity contribution < 1.29 is 19.1 Å². The lowest BCUT2D eigenvalue weighted by atomic mass is 10.1. The Balaban J connectivity index is 2.27. The molecule has 1 aliphatic heterocycles. The van der Waals surface area contributed by atoms with E-state index >= 15 is 0 Å². The molecule has 0 spiro atoms. The number of fused-ring (bicyclic) bond motifs is 1. The SMILES string of the molecule is CC(=O)O[C@H](C)C(=O)N1CC(=O)Nc2ccccc21. The van der Waals surface area contributed by atoms with Crippen LogP contribution < -0.4 is 10.2 Å². The van der Waals surface area contributed by atoms with Gasteiger partial charge in [0.05, 0.1) is 11.4 Å². The molecule has 1 aromatic rings. The van der Waals surface area contributed by atoms with Crippen molar-refractivity contribution in [2.75, 3.05) is 16.8 Å². The number of hydrogen-bond donors (Lipinski definition) is 1. The number of carbonyl (C=O) groups excluding carboxylic acids is 3. The smallest absolute Gasteiger partial charge is 0.303 e. The van der Waals surface area contributed by atoms with Gasteiger partial charge in [0.2, 0.25) is 5.91 Å². The van der Waals surface area contributed by atoms with E-state index in [1.807, 2.05) is 0 Å². The van der Waals surface area contributed by atoms with Crippen LogP contribution in [0.5, 0.6) is 0 Å². The molecule has 100 valence electrons. The minimum atomic E-state index is -0.920. The third-order valence-electron chi connectivity index (χ3n) is 2.73. The molecule has 6 nitrogen and oxygen atoms in total. The number of anilines is 2. The van der Waals surface area contributed by atoms with E-state index in [2.05, 4.69) is 5.32 Å². The maximum atomic E-state index is 12.2. The number of para-hydroxylation sites is 2. The topological polar surface area (TPSA) is 75.7 Å². The number of benzene rings is 1. The van der Waals surface area contributed by atoms with Crippen LogP contribution in [0, 0.1) is 0 Å². The van der Waals surface area contributed by atoms with Crippen LogP contribution in [0.3, 0.4) is 0 Å². The van der Waals surface area contributed by atoms with E-state index in [9.17, 15) is 14.4 Å². The van der Waals surface area contributed by atoms with Gasteiger partial charge in [0.25, 0.3) is 5.91 Å². The highest BCUT2D eigenvalue weighted by Crippen LogP contribution is 2.29. The first-order valence-corrected chi connectivity index (χ1v) is 5.86. The van der Waals surface area contributed by atoms with Crippen molar-refractivity contribution in [3.05, 3.63) is 24.3 Å². The third kappa shape index (κ3) is 2.73. The van der Waals surface area contributed by atoms with E-state index in [1.165, 1.54) is 18.7 Å². The Morgan fingerprint density at radius 3 is 2.74 bits per heavy atom. The van der Waals surface area contributed by atoms with Crippen LogP contribution in [-0.2, 0) is 19.1 Å². The molecular formula is C13H14N2O4. The summed E-state index contributed by atoms with van der Waals surface area (Å²) in [7, 11) is 0. The van der Waals surface area contributed by atoms with Crippen LogP contribution in [0.2, 0.25) is 0 Å². The minimum absolute atomic E-state index is 0.0819. The summed E-state index contributed by atoms with van der Waals surface area (Å²) in [5.41, 5.74) is 1.17. The number of amides is 2. The second-order valence-corrected chi connectivity index (χ2v) is 4.24. The minimum Gasteiger partial charge on any atom is -0.453 e. The predicted molar refractivity (Wildman–Crippen MR) is 68.7 cm³/mol. The maximum absolute atomic E-state index is 12.2. The van der Waals surface area contributed by atoms with E-state index in [0.717, 1.165) is 0 Å². The fourth-order valence-electron chi connectivity index (χ4n) is 1.95. The molecule has 0 saturated carbocycles. The number of hydrogen-bond acceptors (Lipinski definition) is 4. The van der Waals surface area contributed by atoms with Gasteiger partial charge in [0.15, 0.2) is 6.10 Å². The zero-order valence-electron chi connectivity index (χ0n) is 10.7. The van der Waals surface area contributed by atoms with Crippen molar-refractivity contribution in [2.24, 2.45) is 0 Å². The largest absolute Gasteiger partial charge is 0.453 e. The van der Waals surface area contributed by atoms with Gasteiger partial charge >= 0.3 is 5.97 Å². The number of rotatable bonds is 2. The van der Waals surface area contributed by atoms with Gasteiger partial charge in [-0.05, 0) is 19.1 Å². The van der Waals surface area contributed by atoms with Gasteiger partial charge in [-0.1, -0.05) is 12.1 Å². The van der Waals surface area contributed by atoms with Crippen molar-refractivity contribution in [3.8, 4) is 0 Å². The molecule has 0 bridgehead atoms. The van der Waals surface area contributed by atoms with Crippen LogP contribution in [-0.4, -0.2) is 30.4 Å². The summed E-state index contributed by atoms with van der Waals surface area (Å²) >= 11 is 0. The molecule has 0 fully saturated rings. The molecule has 0 radical (unpaired) electrons. The highest BCUT2D eigenvalue weighted by Gasteiger charge is 2.30. The molecule has 1 aromatic carbocycles. The zero-order valence-corrected chi connectivity index (χ0v) is 10.7. The molecule has 2 rings (SSSR count). The van der Waals surface area contributed by atoms with Gasteiger partial charge in [-0.3, -0.25) is 19.3 Å². The zero-order chi connectivity index (χ0) is 14.0. The van der Waals surface area contributed by atoms with Gasteiger partial charge < -0.3 is 10.1 Å². The van der Waals surface area contributed by atoms with Gasteiger partial charge in [0.1, 0.15) is 6.54 Å². The summed E-state index contributed by atoms with van der Waals surface area (Å²) < 4.78 is 4.85. The molecule has 1 N–H and O–H groups in total. The summed E-state index contributed by atoms with van der Waals surface area (Å²) in [5, 5.41) is 2.68. The van der Waals surface area contributed by atoms with Gasteiger partial charge in [-0.25, -0.2) is 0 Å². The Kier molecular flexibility index (Phi) is 3.50. The predicted octanol–water partition coefficient (Wildman–Crippen LogP) is 0.923. The Hall–Kier alpha value is -2.37. The molecule has 0 unspecified atom stereocenters. The number of nitrogens with one attached hydrogen (secondary N) is 1. The fourth-order valence-corrected chi connectivity index (χ4v) is 1.95. The van der Waals surface area contributed by atoms with E-state index < -0.39 is 18.0 Å². The summed E-state index contributed by atoms with van der Waals surface area (Å²) in [6.45, 7) is 2.64. The lowest BCUT2D eigenvalue weighted by Crippen LogP contribution is -2.46. The first-order chi connectivity index (χ1) is 8.99. The Labute approximate surface area is 110 Å². The highest BCUT2D eigenvalue weighted by atomic mass is 16.5. The summed E-state index contributed by atoms with van der Waals surface area (Å²) in [6.07, 6.45) is -0.920. The first kappa shape index (κ1) is 13.1. The second kappa shape index (κ2) is 5.09. The van der Waals surface area contributed by atoms with Crippen molar-refractivity contribution in [3.63, 3.8) is 0 Å². The molecular weight excluding hydrogens is 248 g/mol. The Morgan fingerprint density at radius 1 is 1.37 bits per heavy atom. The van der Waals surface area contributed by atoms with Crippen molar-refractivity contribution in [2.45, 2.75) is 20.0 Å². The van der Waals surface area contributed by atoms with E-state index in [0.29, 0.717) is 11.4 Å². The number of nitrogens with zero attached hydrogens (tertiary/aromatic N) is 1. The van der Waals surface area contributed by atoms with Crippen molar-refractivity contribution >= 4 is 29.2 Å². The molecule has 0 saturated heterocycles. The van der Waals surface area contributed by atoms with Crippen LogP contribution in [0.25, 0.3) is 0 Å². The lowest BCUT2D eigenvalue weighted by molar-refractivity contribution is -0.151. The molecule has 0 aromatic heterocycles. The van der Waals surface area contributed by atoms with Crippen LogP contribution in [0.15, 0.2) is 24.3 Å². The van der Waals surface area contributed by atoms with Crippen molar-refractivity contribution in [1.29, 1.82) is 0 Å². The summed E-state index contributed by atoms with van der Waals surface area (Å²) in [5.74, 6) is -1.23. The standard InChI is InChI=1S/C13H14N2O4/c1-8(19-9(2)16)13(18)15-7-12(17)14-10-5-3-4-6-11(10)15/h3-6,8H,7H2,1-2H3,(H,14,17)/t8-/m1/s1. The average Bonchev–Trinajstić information content (AvgIpc) is 2.36. The number of carbonyl (C=O) groups is 3. The maximum Gasteiger partial charge on any atom is 0.303 e. The normalized spacial score (nSPS) is 15.3. The van der Waals surface area contributed by atoms with E-state index in [4.69, 9.17) is 4.74 Å². The first-order valence-electron chi connectivity index (χ1n) is 5.86. The molecule has 19 heavy (non-hydrogen) atoms. The van der Waals surface area contributed by atoms with Gasteiger partial charge in [-0.15, -0.1) is 0 Å². The van der Waals surface area contributed by atoms with Crippen LogP contribution in [0.4, 0.5) is 11.4 Å². The molecule has 0 aliphatic carbocycles. The number of esters is 1. The monoisotopic (exact) mass is 262 g/mol. The lowest BCUT2D eigenvalue weighted by Gasteiger charge is -2.30. The Bertz CT molecular complexity index is 541. The quantitative estimate of drug-likeness (QED) is 0.804. The third-order valence-corrected chi connectivity index (χ3v) is 2.73. The molecule has 1 aliphatic rings. The van der Waals surface area contributed by atoms with Crippen LogP contribution >= 0.6 is 0 Å². The average molecular weight is 262 g/mol. The molecule has 2 amide bonds. The van der Waals surface area contributed by atoms with Gasteiger partial charge in [-0.2, -0.15) is 0 Å². The molecule has 1 heterocycles. The second-order valence-electron chi connectivity index (χ2n) is 4.24. The van der Waals surface area contributed by atoms with Crippen LogP contribution in [0.1, 0.15) is 13.8 Å². The Morgan fingerprint density at radius 2 is 2.05 bits per heavy atom. The van der Waals surface area contributed by atoms with E-state index in [1.54, 1.807) is 24.3 Å².